The van der Waals surface area contributed by atoms with E-state index in [0.717, 1.165) is 5.56 Å². The minimum Gasteiger partial charge on any atom is -0.478 e. The summed E-state index contributed by atoms with van der Waals surface area (Å²) in [4.78, 5) is 15.7. The Balaban J connectivity index is 0.000000327. The van der Waals surface area contributed by atoms with Crippen molar-refractivity contribution in [2.75, 3.05) is 49.4 Å². The number of hydrogen-bond acceptors (Lipinski definition) is 15. The van der Waals surface area contributed by atoms with Crippen LogP contribution < -0.4 is 41.9 Å². The van der Waals surface area contributed by atoms with Crippen molar-refractivity contribution in [3.8, 4) is 41.7 Å². The fraction of sp³-hybridized carbons (Fsp3) is 0.281. The predicted octanol–water partition coefficient (Wildman–Crippen LogP) is 5.59. The molecular weight excluding hydrogens is 718 g/mol. The first-order valence-corrected chi connectivity index (χ1v) is 15.7. The molecule has 0 fully saturated rings. The van der Waals surface area contributed by atoms with Gasteiger partial charge in [0.25, 0.3) is 0 Å². The van der Waals surface area contributed by atoms with Gasteiger partial charge in [-0.25, -0.2) is 19.9 Å². The maximum atomic E-state index is 8.62. The van der Waals surface area contributed by atoms with Gasteiger partial charge in [-0.15, -0.1) is 0 Å². The number of nitrogen functional groups attached to an aromatic ring is 4. The molecule has 0 spiro atoms. The lowest BCUT2D eigenvalue weighted by atomic mass is 10.2. The monoisotopic (exact) mass is 753 g/mol. The number of nitrogens with zero attached hydrogens (tertiary/aromatic N) is 7. The number of hydrogen-bond donors (Lipinski definition) is 4. The maximum Gasteiger partial charge on any atom is 0.231 e. The topological polar surface area (TPSA) is 264 Å². The second-order valence-electron chi connectivity index (χ2n) is 9.00. The lowest BCUT2D eigenvalue weighted by molar-refractivity contribution is 0.324. The molecular formula is C32H37BrClN11O4. The molecule has 15 nitrogen and oxygen atoms in total. The van der Waals surface area contributed by atoms with Crippen LogP contribution in [-0.4, -0.2) is 46.4 Å². The quantitative estimate of drug-likeness (QED) is 0.160. The molecule has 258 valence electrons. The van der Waals surface area contributed by atoms with Crippen LogP contribution in [0.4, 0.5) is 22.7 Å². The van der Waals surface area contributed by atoms with Crippen molar-refractivity contribution in [3.05, 3.63) is 68.7 Å². The summed E-state index contributed by atoms with van der Waals surface area (Å²) < 4.78 is 21.2. The summed E-state index contributed by atoms with van der Waals surface area (Å²) in [7, 11) is 0. The molecule has 0 amide bonds. The first-order chi connectivity index (χ1) is 23.3. The number of anilines is 4. The van der Waals surface area contributed by atoms with Crippen LogP contribution in [0.15, 0.2) is 40.9 Å². The van der Waals surface area contributed by atoms with Gasteiger partial charge in [0, 0.05) is 34.8 Å². The van der Waals surface area contributed by atoms with E-state index in [1.54, 1.807) is 18.2 Å². The van der Waals surface area contributed by atoms with E-state index in [1.807, 2.05) is 52.8 Å². The van der Waals surface area contributed by atoms with Crippen LogP contribution in [-0.2, 0) is 0 Å². The smallest absolute Gasteiger partial charge is 0.231 e. The Morgan fingerprint density at radius 1 is 0.612 bits per heavy atom. The van der Waals surface area contributed by atoms with Crippen molar-refractivity contribution in [1.82, 2.24) is 19.9 Å². The van der Waals surface area contributed by atoms with Crippen LogP contribution in [0, 0.1) is 40.9 Å². The van der Waals surface area contributed by atoms with Gasteiger partial charge in [0.2, 0.25) is 23.5 Å². The molecule has 4 rings (SSSR count). The second-order valence-corrected chi connectivity index (χ2v) is 10.2. The van der Waals surface area contributed by atoms with Crippen molar-refractivity contribution in [1.29, 1.82) is 15.8 Å². The third-order valence-electron chi connectivity index (χ3n) is 5.33. The molecule has 0 bridgehead atoms. The molecule has 0 saturated carbocycles. The van der Waals surface area contributed by atoms with Gasteiger partial charge in [-0.05, 0) is 74.8 Å². The number of nitriles is 3. The van der Waals surface area contributed by atoms with E-state index in [2.05, 4.69) is 35.9 Å². The summed E-state index contributed by atoms with van der Waals surface area (Å²) in [6, 6.07) is 15.1. The van der Waals surface area contributed by atoms with Crippen LogP contribution in [0.1, 0.15) is 50.3 Å². The highest BCUT2D eigenvalue weighted by molar-refractivity contribution is 9.10. The second kappa shape index (κ2) is 21.9. The fourth-order valence-corrected chi connectivity index (χ4v) is 3.80. The molecule has 0 aliphatic carbocycles. The van der Waals surface area contributed by atoms with Gasteiger partial charge < -0.3 is 41.9 Å². The van der Waals surface area contributed by atoms with Crippen LogP contribution in [0.2, 0.25) is 5.15 Å². The number of halogens is 2. The van der Waals surface area contributed by atoms with E-state index in [1.165, 1.54) is 18.2 Å². The van der Waals surface area contributed by atoms with Crippen LogP contribution in [0.5, 0.6) is 23.5 Å². The van der Waals surface area contributed by atoms with Crippen molar-refractivity contribution < 1.29 is 18.9 Å². The Labute approximate surface area is 298 Å². The number of pyridine rings is 4. The van der Waals surface area contributed by atoms with Crippen LogP contribution >= 0.6 is 27.5 Å². The standard InChI is InChI=1S/C9H11N3O.C8H8BrN3O.C8H9N3O.C7H9ClN2O/c1-3-13-9-6(2)8(11)4-7(5-10)12-9;1-2-13-8-7(9)6(11)3-5(4-10)12-8;1-2-12-8-4-6(10)3-7(5-9)11-8;1-2-11-7-4-5(9)3-6(8)10-7/h4H,3H2,1-2H3,(H2,11,12);3H,2H2,1H3,(H2,11,12);3-4H,2H2,1H3,(H2,10,11);3-4H,2H2,1H3,(H2,9,10). The minimum absolute atomic E-state index is 0.254. The predicted molar refractivity (Wildman–Crippen MR) is 191 cm³/mol. The Hall–Kier alpha value is -5.76. The average molecular weight is 755 g/mol. The molecule has 49 heavy (non-hydrogen) atoms. The highest BCUT2D eigenvalue weighted by Gasteiger charge is 2.09. The Morgan fingerprint density at radius 3 is 1.53 bits per heavy atom. The summed E-state index contributed by atoms with van der Waals surface area (Å²) >= 11 is 8.84. The van der Waals surface area contributed by atoms with E-state index in [-0.39, 0.29) is 17.1 Å². The lowest BCUT2D eigenvalue weighted by Crippen LogP contribution is -2.01. The van der Waals surface area contributed by atoms with Crippen molar-refractivity contribution in [3.63, 3.8) is 0 Å². The van der Waals surface area contributed by atoms with E-state index in [0.29, 0.717) is 82.3 Å². The Morgan fingerprint density at radius 2 is 1.04 bits per heavy atom. The SMILES string of the molecule is CCOc1cc(N)cc(C#N)n1.CCOc1cc(N)cc(Cl)n1.CCOc1nc(C#N)cc(N)c1Br.CCOc1nc(C#N)cc(N)c1C. The van der Waals surface area contributed by atoms with E-state index in [9.17, 15) is 0 Å². The largest absolute Gasteiger partial charge is 0.478 e. The summed E-state index contributed by atoms with van der Waals surface area (Å²) in [5.74, 6) is 1.67. The van der Waals surface area contributed by atoms with Crippen LogP contribution in [0.3, 0.4) is 0 Å². The first kappa shape index (κ1) is 41.3. The van der Waals surface area contributed by atoms with Crippen molar-refractivity contribution >= 4 is 50.3 Å². The molecule has 4 aromatic rings. The zero-order valence-corrected chi connectivity index (χ0v) is 30.0. The van der Waals surface area contributed by atoms with Gasteiger partial charge in [-0.1, -0.05) is 11.6 Å². The molecule has 0 saturated heterocycles. The normalized spacial score (nSPS) is 9.31. The third-order valence-corrected chi connectivity index (χ3v) is 6.32. The highest BCUT2D eigenvalue weighted by atomic mass is 79.9. The molecule has 0 aliphatic rings. The van der Waals surface area contributed by atoms with Gasteiger partial charge in [0.05, 0.1) is 32.1 Å². The van der Waals surface area contributed by atoms with E-state index >= 15 is 0 Å². The zero-order chi connectivity index (χ0) is 36.9. The van der Waals surface area contributed by atoms with Crippen molar-refractivity contribution in [2.45, 2.75) is 34.6 Å². The van der Waals surface area contributed by atoms with Crippen LogP contribution in [0.25, 0.3) is 0 Å². The summed E-state index contributed by atoms with van der Waals surface area (Å²) in [6.45, 7) is 11.3. The summed E-state index contributed by atoms with van der Waals surface area (Å²) in [5, 5.41) is 26.1. The van der Waals surface area contributed by atoms with E-state index in [4.69, 9.17) is 69.3 Å². The van der Waals surface area contributed by atoms with Gasteiger partial charge in [0.1, 0.15) is 44.9 Å². The molecule has 0 aliphatic heterocycles. The number of ether oxygens (including phenoxy) is 4. The number of aromatic nitrogens is 4. The highest BCUT2D eigenvalue weighted by Crippen LogP contribution is 2.29. The molecule has 0 aromatic carbocycles. The van der Waals surface area contributed by atoms with Gasteiger partial charge in [0.15, 0.2) is 0 Å². The molecule has 4 aromatic heterocycles. The summed E-state index contributed by atoms with van der Waals surface area (Å²) in [5.41, 5.74) is 25.9. The summed E-state index contributed by atoms with van der Waals surface area (Å²) in [6.07, 6.45) is 0. The average Bonchev–Trinajstić information content (AvgIpc) is 3.06. The molecule has 4 heterocycles. The molecule has 0 radical (unpaired) electrons. The molecule has 0 unspecified atom stereocenters. The maximum absolute atomic E-state index is 8.62. The van der Waals surface area contributed by atoms with Gasteiger partial charge in [-0.2, -0.15) is 15.8 Å². The number of nitrogens with two attached hydrogens (primary N) is 4. The Kier molecular flexibility index (Phi) is 18.5. The molecule has 17 heteroatoms. The third kappa shape index (κ3) is 14.7. The van der Waals surface area contributed by atoms with Crippen molar-refractivity contribution in [2.24, 2.45) is 0 Å². The van der Waals surface area contributed by atoms with E-state index < -0.39 is 0 Å². The molecule has 0 atom stereocenters. The van der Waals surface area contributed by atoms with Gasteiger partial charge in [-0.3, -0.25) is 0 Å². The fourth-order valence-electron chi connectivity index (χ4n) is 3.27. The van der Waals surface area contributed by atoms with Gasteiger partial charge >= 0.3 is 0 Å². The minimum atomic E-state index is 0.254. The number of rotatable bonds is 8. The molecule has 8 N–H and O–H groups in total. The lowest BCUT2D eigenvalue weighted by Gasteiger charge is -2.07. The first-order valence-electron chi connectivity index (χ1n) is 14.5. The zero-order valence-electron chi connectivity index (χ0n) is 27.6. The Bertz CT molecular complexity index is 1720.